The second-order valence-corrected chi connectivity index (χ2v) is 6.79. The lowest BCUT2D eigenvalue weighted by atomic mass is 9.74. The molecule has 0 aliphatic carbocycles. The van der Waals surface area contributed by atoms with Crippen LogP contribution in [0.1, 0.15) is 39.2 Å². The molecule has 0 radical (unpaired) electrons. The molecule has 116 valence electrons. The highest BCUT2D eigenvalue weighted by molar-refractivity contribution is 5.18. The molecule has 4 atom stereocenters. The Balaban J connectivity index is 1.73. The lowest BCUT2D eigenvalue weighted by molar-refractivity contribution is -0.101. The van der Waals surface area contributed by atoms with Crippen LogP contribution in [0.25, 0.3) is 0 Å². The standard InChI is InChI=1S/C17H22F2O2/c1-11(2)17-9-15(16(3,21-17)8-14(17)19)20-10-12-6-4-5-7-13(12)18/h4-7,11,14-15H,8-10H2,1-3H3/t14-,15+,16-,17+/m0/s1. The van der Waals surface area contributed by atoms with Crippen molar-refractivity contribution < 1.29 is 18.3 Å². The number of alkyl halides is 1. The normalized spacial score (nSPS) is 38.4. The maximum atomic E-state index is 14.3. The van der Waals surface area contributed by atoms with Crippen molar-refractivity contribution in [1.29, 1.82) is 0 Å². The second-order valence-electron chi connectivity index (χ2n) is 6.79. The molecule has 2 heterocycles. The van der Waals surface area contributed by atoms with Gasteiger partial charge >= 0.3 is 0 Å². The van der Waals surface area contributed by atoms with E-state index < -0.39 is 17.4 Å². The second kappa shape index (κ2) is 5.03. The smallest absolute Gasteiger partial charge is 0.132 e. The van der Waals surface area contributed by atoms with E-state index in [9.17, 15) is 8.78 Å². The van der Waals surface area contributed by atoms with Crippen molar-refractivity contribution in [3.8, 4) is 0 Å². The molecule has 2 nitrogen and oxygen atoms in total. The number of benzene rings is 1. The summed E-state index contributed by atoms with van der Waals surface area (Å²) < 4.78 is 39.9. The summed E-state index contributed by atoms with van der Waals surface area (Å²) in [6.07, 6.45) is -0.244. The largest absolute Gasteiger partial charge is 0.370 e. The molecule has 4 heteroatoms. The first-order chi connectivity index (χ1) is 9.87. The van der Waals surface area contributed by atoms with E-state index in [0.717, 1.165) is 0 Å². The van der Waals surface area contributed by atoms with Crippen LogP contribution in [-0.4, -0.2) is 23.5 Å². The van der Waals surface area contributed by atoms with Crippen molar-refractivity contribution in [1.82, 2.24) is 0 Å². The number of halogens is 2. The van der Waals surface area contributed by atoms with Crippen LogP contribution >= 0.6 is 0 Å². The van der Waals surface area contributed by atoms with Crippen LogP contribution in [0.2, 0.25) is 0 Å². The zero-order chi connectivity index (χ0) is 15.3. The van der Waals surface area contributed by atoms with E-state index in [-0.39, 0.29) is 24.4 Å². The third kappa shape index (κ3) is 2.29. The van der Waals surface area contributed by atoms with E-state index in [2.05, 4.69) is 0 Å². The van der Waals surface area contributed by atoms with E-state index in [1.807, 2.05) is 20.8 Å². The molecule has 0 aromatic heterocycles. The summed E-state index contributed by atoms with van der Waals surface area (Å²) in [6, 6.07) is 6.57. The summed E-state index contributed by atoms with van der Waals surface area (Å²) >= 11 is 0. The van der Waals surface area contributed by atoms with E-state index in [0.29, 0.717) is 18.4 Å². The zero-order valence-corrected chi connectivity index (χ0v) is 12.7. The summed E-state index contributed by atoms with van der Waals surface area (Å²) in [5.74, 6) is -0.176. The lowest BCUT2D eigenvalue weighted by Gasteiger charge is -2.34. The molecular weight excluding hydrogens is 274 g/mol. The Morgan fingerprint density at radius 2 is 2.05 bits per heavy atom. The lowest BCUT2D eigenvalue weighted by Crippen LogP contribution is -2.45. The quantitative estimate of drug-likeness (QED) is 0.835. The van der Waals surface area contributed by atoms with Gasteiger partial charge in [0, 0.05) is 18.4 Å². The Kier molecular flexibility index (Phi) is 3.57. The number of hydrogen-bond acceptors (Lipinski definition) is 2. The number of hydrogen-bond donors (Lipinski definition) is 0. The van der Waals surface area contributed by atoms with Crippen molar-refractivity contribution >= 4 is 0 Å². The van der Waals surface area contributed by atoms with Crippen molar-refractivity contribution in [3.63, 3.8) is 0 Å². The first-order valence-corrected chi connectivity index (χ1v) is 7.57. The first-order valence-electron chi connectivity index (χ1n) is 7.57. The minimum Gasteiger partial charge on any atom is -0.370 e. The van der Waals surface area contributed by atoms with Crippen LogP contribution in [0.3, 0.4) is 0 Å². The summed E-state index contributed by atoms with van der Waals surface area (Å²) in [5.41, 5.74) is -0.817. The summed E-state index contributed by atoms with van der Waals surface area (Å²) in [4.78, 5) is 0. The predicted octanol–water partition coefficient (Wildman–Crippen LogP) is 4.03. The average Bonchev–Trinajstić information content (AvgIpc) is 2.86. The van der Waals surface area contributed by atoms with Crippen LogP contribution in [0, 0.1) is 11.7 Å². The fourth-order valence-electron chi connectivity index (χ4n) is 3.70. The van der Waals surface area contributed by atoms with Gasteiger partial charge in [-0.05, 0) is 18.9 Å². The summed E-state index contributed by atoms with van der Waals surface area (Å²) in [7, 11) is 0. The molecule has 2 fully saturated rings. The molecule has 0 amide bonds. The molecule has 2 saturated heterocycles. The molecule has 2 bridgehead atoms. The van der Waals surface area contributed by atoms with Gasteiger partial charge in [-0.2, -0.15) is 0 Å². The van der Waals surface area contributed by atoms with Crippen LogP contribution in [0.5, 0.6) is 0 Å². The van der Waals surface area contributed by atoms with Gasteiger partial charge in [0.25, 0.3) is 0 Å². The van der Waals surface area contributed by atoms with Gasteiger partial charge in [-0.1, -0.05) is 32.0 Å². The van der Waals surface area contributed by atoms with Crippen LogP contribution < -0.4 is 0 Å². The maximum absolute atomic E-state index is 14.3. The van der Waals surface area contributed by atoms with E-state index in [1.165, 1.54) is 6.07 Å². The van der Waals surface area contributed by atoms with Crippen molar-refractivity contribution in [2.24, 2.45) is 5.92 Å². The minimum atomic E-state index is -0.948. The van der Waals surface area contributed by atoms with Gasteiger partial charge in [-0.15, -0.1) is 0 Å². The molecule has 1 aromatic carbocycles. The minimum absolute atomic E-state index is 0.0939. The average molecular weight is 296 g/mol. The Hall–Kier alpha value is -1.00. The molecule has 3 rings (SSSR count). The fourth-order valence-corrected chi connectivity index (χ4v) is 3.70. The van der Waals surface area contributed by atoms with Crippen molar-refractivity contribution in [2.75, 3.05) is 0 Å². The molecule has 0 unspecified atom stereocenters. The molecule has 1 aromatic rings. The first kappa shape index (κ1) is 14.9. The highest BCUT2D eigenvalue weighted by Gasteiger charge is 2.66. The topological polar surface area (TPSA) is 18.5 Å². The molecular formula is C17H22F2O2. The predicted molar refractivity (Wildman–Crippen MR) is 76.2 cm³/mol. The zero-order valence-electron chi connectivity index (χ0n) is 12.7. The van der Waals surface area contributed by atoms with Crippen LogP contribution in [-0.2, 0) is 16.1 Å². The molecule has 0 saturated carbocycles. The SMILES string of the molecule is CC(C)[C@]12C[C@@H](OCc3ccccc3F)[C@](C)(C[C@@H]1F)O2. The molecule has 2 aliphatic heterocycles. The van der Waals surface area contributed by atoms with Crippen molar-refractivity contribution in [2.45, 2.75) is 63.7 Å². The highest BCUT2D eigenvalue weighted by atomic mass is 19.1. The van der Waals surface area contributed by atoms with E-state index in [1.54, 1.807) is 18.2 Å². The Labute approximate surface area is 124 Å². The Morgan fingerprint density at radius 1 is 1.33 bits per heavy atom. The van der Waals surface area contributed by atoms with Gasteiger partial charge in [0.15, 0.2) is 0 Å². The number of rotatable bonds is 4. The van der Waals surface area contributed by atoms with Crippen molar-refractivity contribution in [3.05, 3.63) is 35.6 Å². The monoisotopic (exact) mass is 296 g/mol. The van der Waals surface area contributed by atoms with Gasteiger partial charge in [0.1, 0.15) is 17.6 Å². The van der Waals surface area contributed by atoms with Gasteiger partial charge in [0.2, 0.25) is 0 Å². The van der Waals surface area contributed by atoms with Crippen LogP contribution in [0.15, 0.2) is 24.3 Å². The number of fused-ring (bicyclic) bond motifs is 2. The summed E-state index contributed by atoms with van der Waals surface area (Å²) in [5, 5.41) is 0. The number of ether oxygens (including phenoxy) is 2. The van der Waals surface area contributed by atoms with Gasteiger partial charge in [-0.3, -0.25) is 0 Å². The third-order valence-corrected chi connectivity index (χ3v) is 5.10. The Morgan fingerprint density at radius 3 is 2.67 bits per heavy atom. The maximum Gasteiger partial charge on any atom is 0.132 e. The van der Waals surface area contributed by atoms with E-state index in [4.69, 9.17) is 9.47 Å². The molecule has 2 aliphatic rings. The molecule has 21 heavy (non-hydrogen) atoms. The van der Waals surface area contributed by atoms with Gasteiger partial charge in [0.05, 0.1) is 18.3 Å². The highest BCUT2D eigenvalue weighted by Crippen LogP contribution is 2.56. The van der Waals surface area contributed by atoms with Gasteiger partial charge < -0.3 is 9.47 Å². The molecule has 0 spiro atoms. The van der Waals surface area contributed by atoms with Crippen LogP contribution in [0.4, 0.5) is 8.78 Å². The molecule has 0 N–H and O–H groups in total. The van der Waals surface area contributed by atoms with Gasteiger partial charge in [-0.25, -0.2) is 8.78 Å². The summed E-state index contributed by atoms with van der Waals surface area (Å²) in [6.45, 7) is 6.07. The Bertz CT molecular complexity index is 533. The van der Waals surface area contributed by atoms with E-state index >= 15 is 0 Å². The third-order valence-electron chi connectivity index (χ3n) is 5.10. The fraction of sp³-hybridized carbons (Fsp3) is 0.647.